The number of carbonyl (C=O) groups excluding carboxylic acids is 1. The van der Waals surface area contributed by atoms with E-state index in [1.54, 1.807) is 12.1 Å². The number of unbranched alkanes of at least 4 members (excludes halogenated alkanes) is 1. The maximum Gasteiger partial charge on any atom is 0.337 e. The number of methoxy groups -OCH3 is 1. The fourth-order valence-corrected chi connectivity index (χ4v) is 1.38. The summed E-state index contributed by atoms with van der Waals surface area (Å²) in [6.07, 6.45) is 5.07. The second-order valence-electron chi connectivity index (χ2n) is 3.37. The normalized spacial score (nSPS) is 9.67. The molecule has 0 aliphatic rings. The summed E-state index contributed by atoms with van der Waals surface area (Å²) in [6, 6.07) is 7.54. The zero-order valence-corrected chi connectivity index (χ0v) is 9.03. The summed E-state index contributed by atoms with van der Waals surface area (Å²) in [5, 5.41) is 0. The molecule has 0 aliphatic carbocycles. The molecule has 1 rings (SSSR count). The van der Waals surface area contributed by atoms with Gasteiger partial charge in [-0.05, 0) is 37.0 Å². The summed E-state index contributed by atoms with van der Waals surface area (Å²) in [4.78, 5) is 11.1. The van der Waals surface area contributed by atoms with Crippen LogP contribution in [0.2, 0.25) is 0 Å². The summed E-state index contributed by atoms with van der Waals surface area (Å²) in [5.41, 5.74) is 1.84. The lowest BCUT2D eigenvalue weighted by Crippen LogP contribution is -2.00. The third-order valence-corrected chi connectivity index (χ3v) is 2.25. The van der Waals surface area contributed by atoms with Gasteiger partial charge in [-0.2, -0.15) is 0 Å². The SMILES string of the molecule is C=CCCCc1ccc(C(=O)OC)cc1. The molecule has 0 N–H and O–H groups in total. The summed E-state index contributed by atoms with van der Waals surface area (Å²) in [7, 11) is 1.39. The van der Waals surface area contributed by atoms with Gasteiger partial charge in [0.15, 0.2) is 0 Å². The van der Waals surface area contributed by atoms with Gasteiger partial charge in [0, 0.05) is 0 Å². The number of esters is 1. The second-order valence-corrected chi connectivity index (χ2v) is 3.37. The Morgan fingerprint density at radius 1 is 1.40 bits per heavy atom. The number of allylic oxidation sites excluding steroid dienone is 1. The lowest BCUT2D eigenvalue weighted by atomic mass is 10.1. The van der Waals surface area contributed by atoms with E-state index in [9.17, 15) is 4.79 Å². The minimum atomic E-state index is -0.285. The van der Waals surface area contributed by atoms with Crippen LogP contribution in [0.5, 0.6) is 0 Å². The topological polar surface area (TPSA) is 26.3 Å². The first-order valence-electron chi connectivity index (χ1n) is 5.06. The Bertz CT molecular complexity index is 325. The second kappa shape index (κ2) is 6.02. The molecule has 1 aromatic carbocycles. The molecule has 2 nitrogen and oxygen atoms in total. The molecule has 0 radical (unpaired) electrons. The van der Waals surface area contributed by atoms with Gasteiger partial charge in [-0.25, -0.2) is 4.79 Å². The van der Waals surface area contributed by atoms with Crippen LogP contribution in [0.4, 0.5) is 0 Å². The largest absolute Gasteiger partial charge is 0.465 e. The van der Waals surface area contributed by atoms with Crippen molar-refractivity contribution < 1.29 is 9.53 Å². The summed E-state index contributed by atoms with van der Waals surface area (Å²) < 4.78 is 4.62. The van der Waals surface area contributed by atoms with Crippen molar-refractivity contribution in [2.75, 3.05) is 7.11 Å². The Morgan fingerprint density at radius 3 is 2.60 bits per heavy atom. The molecule has 0 unspecified atom stereocenters. The Balaban J connectivity index is 2.56. The standard InChI is InChI=1S/C13H16O2/c1-3-4-5-6-11-7-9-12(10-8-11)13(14)15-2/h3,7-10H,1,4-6H2,2H3. The van der Waals surface area contributed by atoms with E-state index in [1.165, 1.54) is 12.7 Å². The van der Waals surface area contributed by atoms with E-state index >= 15 is 0 Å². The number of carbonyl (C=O) groups is 1. The van der Waals surface area contributed by atoms with Crippen molar-refractivity contribution in [1.82, 2.24) is 0 Å². The molecule has 0 aliphatic heterocycles. The van der Waals surface area contributed by atoms with Crippen LogP contribution in [0, 0.1) is 0 Å². The summed E-state index contributed by atoms with van der Waals surface area (Å²) >= 11 is 0. The zero-order valence-electron chi connectivity index (χ0n) is 9.03. The Labute approximate surface area is 90.6 Å². The maximum atomic E-state index is 11.1. The molecule has 0 atom stereocenters. The van der Waals surface area contributed by atoms with Gasteiger partial charge in [0.05, 0.1) is 12.7 Å². The fraction of sp³-hybridized carbons (Fsp3) is 0.308. The van der Waals surface area contributed by atoms with E-state index in [2.05, 4.69) is 11.3 Å². The number of benzene rings is 1. The first kappa shape index (κ1) is 11.5. The van der Waals surface area contributed by atoms with Crippen molar-refractivity contribution in [3.63, 3.8) is 0 Å². The van der Waals surface area contributed by atoms with E-state index in [-0.39, 0.29) is 5.97 Å². The van der Waals surface area contributed by atoms with Gasteiger partial charge in [0.25, 0.3) is 0 Å². The molecule has 0 heterocycles. The average Bonchev–Trinajstić information content (AvgIpc) is 2.29. The molecular formula is C13H16O2. The van der Waals surface area contributed by atoms with Crippen LogP contribution in [0.1, 0.15) is 28.8 Å². The molecule has 1 aromatic rings. The van der Waals surface area contributed by atoms with Crippen LogP contribution >= 0.6 is 0 Å². The van der Waals surface area contributed by atoms with Crippen molar-refractivity contribution in [2.24, 2.45) is 0 Å². The van der Waals surface area contributed by atoms with E-state index < -0.39 is 0 Å². The quantitative estimate of drug-likeness (QED) is 0.418. The number of rotatable bonds is 5. The van der Waals surface area contributed by atoms with Gasteiger partial charge in [-0.3, -0.25) is 0 Å². The van der Waals surface area contributed by atoms with E-state index in [1.807, 2.05) is 18.2 Å². The van der Waals surface area contributed by atoms with E-state index in [0.717, 1.165) is 19.3 Å². The molecule has 0 saturated heterocycles. The first-order valence-corrected chi connectivity index (χ1v) is 5.06. The lowest BCUT2D eigenvalue weighted by Gasteiger charge is -2.02. The van der Waals surface area contributed by atoms with Crippen LogP contribution in [-0.2, 0) is 11.2 Å². The summed E-state index contributed by atoms with van der Waals surface area (Å²) in [5.74, 6) is -0.285. The van der Waals surface area contributed by atoms with Crippen LogP contribution in [0.25, 0.3) is 0 Å². The number of ether oxygens (including phenoxy) is 1. The Hall–Kier alpha value is -1.57. The molecule has 0 bridgehead atoms. The molecule has 80 valence electrons. The predicted octanol–water partition coefficient (Wildman–Crippen LogP) is 2.98. The smallest absolute Gasteiger partial charge is 0.337 e. The van der Waals surface area contributed by atoms with E-state index in [4.69, 9.17) is 0 Å². The number of hydrogen-bond donors (Lipinski definition) is 0. The van der Waals surface area contributed by atoms with Crippen molar-refractivity contribution in [3.8, 4) is 0 Å². The molecule has 0 aromatic heterocycles. The van der Waals surface area contributed by atoms with Crippen LogP contribution in [0.3, 0.4) is 0 Å². The summed E-state index contributed by atoms with van der Waals surface area (Å²) in [6.45, 7) is 3.68. The maximum absolute atomic E-state index is 11.1. The van der Waals surface area contributed by atoms with Crippen LogP contribution < -0.4 is 0 Å². The van der Waals surface area contributed by atoms with Gasteiger partial charge in [-0.15, -0.1) is 6.58 Å². The third kappa shape index (κ3) is 3.58. The van der Waals surface area contributed by atoms with Gasteiger partial charge in [0.2, 0.25) is 0 Å². The van der Waals surface area contributed by atoms with Crippen LogP contribution in [-0.4, -0.2) is 13.1 Å². The highest BCUT2D eigenvalue weighted by Gasteiger charge is 2.03. The molecule has 0 spiro atoms. The molecule has 2 heteroatoms. The molecular weight excluding hydrogens is 188 g/mol. The van der Waals surface area contributed by atoms with E-state index in [0.29, 0.717) is 5.56 Å². The van der Waals surface area contributed by atoms with Crippen LogP contribution in [0.15, 0.2) is 36.9 Å². The molecule has 15 heavy (non-hydrogen) atoms. The first-order chi connectivity index (χ1) is 7.27. The van der Waals surface area contributed by atoms with Crippen molar-refractivity contribution in [2.45, 2.75) is 19.3 Å². The van der Waals surface area contributed by atoms with Gasteiger partial charge < -0.3 is 4.74 Å². The van der Waals surface area contributed by atoms with Crippen molar-refractivity contribution in [3.05, 3.63) is 48.0 Å². The minimum absolute atomic E-state index is 0.285. The average molecular weight is 204 g/mol. The zero-order chi connectivity index (χ0) is 11.1. The van der Waals surface area contributed by atoms with Crippen molar-refractivity contribution >= 4 is 5.97 Å². The molecule has 0 amide bonds. The fourth-order valence-electron chi connectivity index (χ4n) is 1.38. The molecule has 0 saturated carbocycles. The third-order valence-electron chi connectivity index (χ3n) is 2.25. The molecule has 0 fully saturated rings. The number of hydrogen-bond acceptors (Lipinski definition) is 2. The minimum Gasteiger partial charge on any atom is -0.465 e. The van der Waals surface area contributed by atoms with Gasteiger partial charge in [0.1, 0.15) is 0 Å². The lowest BCUT2D eigenvalue weighted by molar-refractivity contribution is 0.0600. The highest BCUT2D eigenvalue weighted by Crippen LogP contribution is 2.08. The predicted molar refractivity (Wildman–Crippen MR) is 60.9 cm³/mol. The van der Waals surface area contributed by atoms with Gasteiger partial charge in [-0.1, -0.05) is 18.2 Å². The highest BCUT2D eigenvalue weighted by atomic mass is 16.5. The Kier molecular flexibility index (Phi) is 4.61. The van der Waals surface area contributed by atoms with Gasteiger partial charge >= 0.3 is 5.97 Å². The monoisotopic (exact) mass is 204 g/mol. The van der Waals surface area contributed by atoms with Crippen molar-refractivity contribution in [1.29, 1.82) is 0 Å². The Morgan fingerprint density at radius 2 is 2.07 bits per heavy atom. The number of aryl methyl sites for hydroxylation is 1. The highest BCUT2D eigenvalue weighted by molar-refractivity contribution is 5.89.